The molecular formula is C44H48F2N8O7S2. The van der Waals surface area contributed by atoms with E-state index in [0.29, 0.717) is 55.1 Å². The van der Waals surface area contributed by atoms with Crippen molar-refractivity contribution in [1.82, 2.24) is 29.7 Å². The van der Waals surface area contributed by atoms with Crippen LogP contribution in [0.3, 0.4) is 0 Å². The predicted molar refractivity (Wildman–Crippen MR) is 235 cm³/mol. The molecule has 0 unspecified atom stereocenters. The standard InChI is InChI=1S/C22H23FN4O3S.C18H20FN3O3.C4H5NOS/c1-29-19-11-20(24)26-12-17(19)14-4-7-27(8-5-14)22(28)16-3-2-15(10-18(16)23)30-13-21-25-6-9-31-21;1-25-16-9-17(20)21-10-14(16)11-4-6-22(7-5-11)18(24)13-3-2-12(23)8-15(13)19;6-3-4-5-1-2-7-4/h2-3,6,9-12,14H,4-5,7-8,13H2,1H3,(H2,24,26);2-3,8-11,23H,4-7H2,1H3,(H2,20,21);1-2,6H,3H2. The number of anilines is 2. The lowest BCUT2D eigenvalue weighted by atomic mass is 9.89. The van der Waals surface area contributed by atoms with Gasteiger partial charge in [0.2, 0.25) is 0 Å². The molecule has 2 aliphatic heterocycles. The number of nitrogens with zero attached hydrogens (tertiary/aromatic N) is 6. The van der Waals surface area contributed by atoms with Gasteiger partial charge in [-0.15, -0.1) is 22.7 Å². The molecule has 8 rings (SSSR count). The molecule has 2 aliphatic rings. The lowest BCUT2D eigenvalue weighted by Gasteiger charge is -2.32. The third kappa shape index (κ3) is 12.1. The monoisotopic (exact) mass is 902 g/mol. The number of carbonyl (C=O) groups excluding carboxylic acids is 2. The van der Waals surface area contributed by atoms with Gasteiger partial charge in [-0.25, -0.2) is 28.7 Å². The summed E-state index contributed by atoms with van der Waals surface area (Å²) in [5.74, 6) is 0.808. The summed E-state index contributed by atoms with van der Waals surface area (Å²) < 4.78 is 44.9. The molecule has 4 aromatic heterocycles. The number of carbonyl (C=O) groups is 2. The number of aromatic nitrogens is 4. The maximum Gasteiger partial charge on any atom is 0.256 e. The number of amides is 2. The first-order valence-corrected chi connectivity index (χ1v) is 21.7. The number of benzene rings is 2. The Morgan fingerprint density at radius 1 is 0.714 bits per heavy atom. The molecule has 0 spiro atoms. The van der Waals surface area contributed by atoms with Gasteiger partial charge in [0.25, 0.3) is 11.8 Å². The Balaban J connectivity index is 0.000000184. The zero-order valence-electron chi connectivity index (χ0n) is 34.7. The number of pyridine rings is 2. The largest absolute Gasteiger partial charge is 0.508 e. The molecule has 2 aromatic carbocycles. The summed E-state index contributed by atoms with van der Waals surface area (Å²) in [6, 6.07) is 11.3. The van der Waals surface area contributed by atoms with Gasteiger partial charge in [-0.2, -0.15) is 0 Å². The third-order valence-corrected chi connectivity index (χ3v) is 12.1. The number of aliphatic hydroxyl groups is 1. The number of halogens is 2. The van der Waals surface area contributed by atoms with E-state index in [1.165, 1.54) is 46.9 Å². The van der Waals surface area contributed by atoms with Gasteiger partial charge >= 0.3 is 0 Å². The Labute approximate surface area is 370 Å². The number of nitrogens with two attached hydrogens (primary N) is 2. The number of hydrogen-bond acceptors (Lipinski definition) is 15. The highest BCUT2D eigenvalue weighted by atomic mass is 32.1. The first-order valence-electron chi connectivity index (χ1n) is 19.9. The SMILES string of the molecule is COc1cc(N)ncc1C1CCN(C(=O)c2ccc(O)cc2F)CC1.COc1cc(N)ncc1C1CCN(C(=O)c2ccc(OCc3nccs3)cc2F)CC1.OCc1nccs1. The molecule has 0 radical (unpaired) electrons. The van der Waals surface area contributed by atoms with Crippen LogP contribution >= 0.6 is 22.7 Å². The van der Waals surface area contributed by atoms with Gasteiger partial charge in [0.05, 0.1) is 32.0 Å². The molecule has 15 nitrogen and oxygen atoms in total. The summed E-state index contributed by atoms with van der Waals surface area (Å²) >= 11 is 2.93. The first kappa shape index (κ1) is 46.1. The Hall–Kier alpha value is -6.44. The highest BCUT2D eigenvalue weighted by Crippen LogP contribution is 2.36. The van der Waals surface area contributed by atoms with E-state index in [9.17, 15) is 23.5 Å². The molecule has 6 heterocycles. The fraction of sp³-hybridized carbons (Fsp3) is 0.318. The molecular weight excluding hydrogens is 855 g/mol. The van der Waals surface area contributed by atoms with Gasteiger partial charge in [-0.1, -0.05) is 0 Å². The minimum absolute atomic E-state index is 0.0250. The maximum absolute atomic E-state index is 14.6. The molecule has 0 saturated carbocycles. The summed E-state index contributed by atoms with van der Waals surface area (Å²) in [6.45, 7) is 2.41. The first-order chi connectivity index (χ1) is 30.5. The third-order valence-electron chi connectivity index (χ3n) is 10.5. The van der Waals surface area contributed by atoms with Crippen molar-refractivity contribution >= 4 is 46.1 Å². The number of aliphatic hydroxyl groups excluding tert-OH is 1. The number of likely N-dealkylation sites (tertiary alicyclic amines) is 2. The number of hydrogen-bond donors (Lipinski definition) is 4. The van der Waals surface area contributed by atoms with Crippen molar-refractivity contribution in [3.8, 4) is 23.0 Å². The molecule has 19 heteroatoms. The van der Waals surface area contributed by atoms with E-state index in [4.69, 9.17) is 30.8 Å². The van der Waals surface area contributed by atoms with E-state index >= 15 is 0 Å². The summed E-state index contributed by atoms with van der Waals surface area (Å²) in [7, 11) is 3.19. The van der Waals surface area contributed by atoms with Crippen LogP contribution in [0.2, 0.25) is 0 Å². The zero-order valence-corrected chi connectivity index (χ0v) is 36.3. The Bertz CT molecular complexity index is 2430. The zero-order chi connectivity index (χ0) is 44.9. The fourth-order valence-electron chi connectivity index (χ4n) is 7.26. The van der Waals surface area contributed by atoms with Crippen LogP contribution in [0.1, 0.15) is 79.4 Å². The second-order valence-electron chi connectivity index (χ2n) is 14.4. The fourth-order valence-corrected chi connectivity index (χ4v) is 8.26. The maximum atomic E-state index is 14.6. The molecule has 0 bridgehead atoms. The van der Waals surface area contributed by atoms with E-state index in [1.807, 2.05) is 10.8 Å². The lowest BCUT2D eigenvalue weighted by Crippen LogP contribution is -2.38. The molecule has 2 saturated heterocycles. The molecule has 0 atom stereocenters. The van der Waals surface area contributed by atoms with Crippen molar-refractivity contribution in [2.24, 2.45) is 0 Å². The average Bonchev–Trinajstić information content (AvgIpc) is 4.04. The second kappa shape index (κ2) is 22.1. The summed E-state index contributed by atoms with van der Waals surface area (Å²) in [5, 5.41) is 22.9. The van der Waals surface area contributed by atoms with E-state index < -0.39 is 11.6 Å². The van der Waals surface area contributed by atoms with Crippen LogP contribution in [0.4, 0.5) is 20.4 Å². The van der Waals surface area contributed by atoms with Crippen molar-refractivity contribution in [1.29, 1.82) is 0 Å². The molecule has 6 N–H and O–H groups in total. The molecule has 2 amide bonds. The minimum atomic E-state index is -0.712. The number of ether oxygens (including phenoxy) is 3. The minimum Gasteiger partial charge on any atom is -0.508 e. The van der Waals surface area contributed by atoms with Gasteiger partial charge in [0, 0.05) is 97.1 Å². The number of piperidine rings is 2. The van der Waals surface area contributed by atoms with E-state index in [1.54, 1.807) is 67.0 Å². The second-order valence-corrected chi connectivity index (χ2v) is 16.4. The van der Waals surface area contributed by atoms with Crippen LogP contribution in [0.15, 0.2) is 84.1 Å². The molecule has 0 aliphatic carbocycles. The average molecular weight is 903 g/mol. The molecule has 6 aromatic rings. The number of aromatic hydroxyl groups is 1. The quantitative estimate of drug-likeness (QED) is 0.109. The Morgan fingerprint density at radius 3 is 1.60 bits per heavy atom. The van der Waals surface area contributed by atoms with Crippen molar-refractivity contribution in [3.05, 3.63) is 128 Å². The van der Waals surface area contributed by atoms with Crippen LogP contribution < -0.4 is 25.7 Å². The van der Waals surface area contributed by atoms with Crippen LogP contribution in [-0.4, -0.2) is 92.2 Å². The van der Waals surface area contributed by atoms with Gasteiger partial charge in [0.1, 0.15) is 62.9 Å². The predicted octanol–water partition coefficient (Wildman–Crippen LogP) is 7.04. The van der Waals surface area contributed by atoms with E-state index in [2.05, 4.69) is 19.9 Å². The van der Waals surface area contributed by atoms with Crippen molar-refractivity contribution in [2.45, 2.75) is 50.7 Å². The number of thiazole rings is 2. The van der Waals surface area contributed by atoms with Crippen LogP contribution in [0.5, 0.6) is 23.0 Å². The van der Waals surface area contributed by atoms with Crippen LogP contribution in [-0.2, 0) is 13.2 Å². The number of nitrogen functional groups attached to an aromatic ring is 2. The van der Waals surface area contributed by atoms with Crippen molar-refractivity contribution in [3.63, 3.8) is 0 Å². The van der Waals surface area contributed by atoms with Crippen LogP contribution in [0.25, 0.3) is 0 Å². The normalized spacial score (nSPS) is 14.2. The topological polar surface area (TPSA) is 212 Å². The highest BCUT2D eigenvalue weighted by Gasteiger charge is 2.29. The van der Waals surface area contributed by atoms with Crippen molar-refractivity contribution < 1.29 is 42.8 Å². The highest BCUT2D eigenvalue weighted by molar-refractivity contribution is 7.09. The summed E-state index contributed by atoms with van der Waals surface area (Å²) in [4.78, 5) is 44.9. The number of phenols is 1. The van der Waals surface area contributed by atoms with E-state index in [0.717, 1.165) is 52.9 Å². The van der Waals surface area contributed by atoms with Gasteiger partial charge in [-0.3, -0.25) is 9.59 Å². The van der Waals surface area contributed by atoms with Gasteiger partial charge < -0.3 is 45.7 Å². The molecule has 63 heavy (non-hydrogen) atoms. The summed E-state index contributed by atoms with van der Waals surface area (Å²) in [6.07, 6.45) is 9.76. The van der Waals surface area contributed by atoms with Gasteiger partial charge in [-0.05, 0) is 61.8 Å². The summed E-state index contributed by atoms with van der Waals surface area (Å²) in [5.41, 5.74) is 13.4. The molecule has 332 valence electrons. The smallest absolute Gasteiger partial charge is 0.256 e. The Morgan fingerprint density at radius 2 is 1.19 bits per heavy atom. The van der Waals surface area contributed by atoms with Crippen molar-refractivity contribution in [2.75, 3.05) is 51.9 Å². The lowest BCUT2D eigenvalue weighted by molar-refractivity contribution is 0.0699. The van der Waals surface area contributed by atoms with E-state index in [-0.39, 0.29) is 53.7 Å². The van der Waals surface area contributed by atoms with Gasteiger partial charge in [0.15, 0.2) is 0 Å². The number of rotatable bonds is 10. The molecule has 2 fully saturated rings. The number of phenolic OH excluding ortho intramolecular Hbond substituents is 1. The Kier molecular flexibility index (Phi) is 16.1. The number of methoxy groups -OCH3 is 2. The van der Waals surface area contributed by atoms with Crippen LogP contribution in [0, 0.1) is 11.6 Å².